The summed E-state index contributed by atoms with van der Waals surface area (Å²) in [5.74, 6) is 0. The van der Waals surface area contributed by atoms with Gasteiger partial charge in [-0.15, -0.1) is 0 Å². The van der Waals surface area contributed by atoms with Gasteiger partial charge in [-0.2, -0.15) is 5.06 Å². The molecule has 1 fully saturated rings. The predicted molar refractivity (Wildman–Crippen MR) is 56.9 cm³/mol. The van der Waals surface area contributed by atoms with Crippen molar-refractivity contribution in [2.75, 3.05) is 26.8 Å². The van der Waals surface area contributed by atoms with E-state index in [1.165, 1.54) is 5.57 Å². The van der Waals surface area contributed by atoms with Crippen molar-refractivity contribution in [3.63, 3.8) is 0 Å². The zero-order valence-corrected chi connectivity index (χ0v) is 9.03. The van der Waals surface area contributed by atoms with Crippen LogP contribution in [0.25, 0.3) is 0 Å². The lowest BCUT2D eigenvalue weighted by Gasteiger charge is -2.15. The van der Waals surface area contributed by atoms with Crippen LogP contribution in [0.15, 0.2) is 24.3 Å². The molecular formula is C11H19NO2. The number of ether oxygens (including phenoxy) is 1. The maximum Gasteiger partial charge on any atom is 0.0896 e. The van der Waals surface area contributed by atoms with Gasteiger partial charge in [0, 0.05) is 13.7 Å². The fourth-order valence-corrected chi connectivity index (χ4v) is 1.45. The van der Waals surface area contributed by atoms with Crippen LogP contribution < -0.4 is 0 Å². The summed E-state index contributed by atoms with van der Waals surface area (Å²) >= 11 is 0. The second-order valence-corrected chi connectivity index (χ2v) is 3.56. The molecule has 1 aliphatic heterocycles. The van der Waals surface area contributed by atoms with Gasteiger partial charge in [0.2, 0.25) is 0 Å². The van der Waals surface area contributed by atoms with Crippen molar-refractivity contribution in [1.82, 2.24) is 5.06 Å². The Morgan fingerprint density at radius 3 is 3.00 bits per heavy atom. The lowest BCUT2D eigenvalue weighted by atomic mass is 10.3. The van der Waals surface area contributed by atoms with Crippen LogP contribution in [-0.2, 0) is 9.57 Å². The summed E-state index contributed by atoms with van der Waals surface area (Å²) in [6, 6.07) is 0. The Labute approximate surface area is 85.9 Å². The van der Waals surface area contributed by atoms with Gasteiger partial charge in [-0.1, -0.05) is 18.7 Å². The third-order valence-corrected chi connectivity index (χ3v) is 2.32. The summed E-state index contributed by atoms with van der Waals surface area (Å²) in [7, 11) is 1.75. The molecule has 0 spiro atoms. The number of hydrogen-bond acceptors (Lipinski definition) is 3. The summed E-state index contributed by atoms with van der Waals surface area (Å²) in [6.07, 6.45) is 5.13. The first kappa shape index (κ1) is 11.4. The zero-order chi connectivity index (χ0) is 10.4. The molecule has 1 rings (SSSR count). The second-order valence-electron chi connectivity index (χ2n) is 3.56. The number of rotatable bonds is 5. The van der Waals surface area contributed by atoms with E-state index in [-0.39, 0.29) is 0 Å². The fraction of sp³-hybridized carbons (Fsp3) is 0.636. The highest BCUT2D eigenvalue weighted by Gasteiger charge is 2.22. The first-order valence-corrected chi connectivity index (χ1v) is 4.95. The van der Waals surface area contributed by atoms with Gasteiger partial charge in [0.1, 0.15) is 0 Å². The quantitative estimate of drug-likeness (QED) is 0.627. The number of nitrogens with zero attached hydrogens (tertiary/aromatic N) is 1. The molecule has 14 heavy (non-hydrogen) atoms. The molecule has 0 aromatic rings. The maximum absolute atomic E-state index is 5.59. The van der Waals surface area contributed by atoms with Gasteiger partial charge in [0.05, 0.1) is 19.3 Å². The average molecular weight is 197 g/mol. The average Bonchev–Trinajstić information content (AvgIpc) is 2.63. The largest absolute Gasteiger partial charge is 0.380 e. The van der Waals surface area contributed by atoms with E-state index in [2.05, 4.69) is 6.58 Å². The van der Waals surface area contributed by atoms with Gasteiger partial charge >= 0.3 is 0 Å². The summed E-state index contributed by atoms with van der Waals surface area (Å²) in [4.78, 5) is 5.59. The van der Waals surface area contributed by atoms with Gasteiger partial charge < -0.3 is 4.74 Å². The molecule has 1 saturated heterocycles. The van der Waals surface area contributed by atoms with Crippen LogP contribution in [-0.4, -0.2) is 38.0 Å². The Kier molecular flexibility index (Phi) is 4.87. The van der Waals surface area contributed by atoms with E-state index in [0.29, 0.717) is 12.7 Å². The van der Waals surface area contributed by atoms with E-state index in [0.717, 1.165) is 19.5 Å². The van der Waals surface area contributed by atoms with E-state index in [9.17, 15) is 0 Å². The number of allylic oxidation sites excluding steroid dienone is 2. The van der Waals surface area contributed by atoms with Crippen LogP contribution >= 0.6 is 0 Å². The molecule has 3 nitrogen and oxygen atoms in total. The van der Waals surface area contributed by atoms with Gasteiger partial charge in [-0.3, -0.25) is 4.84 Å². The van der Waals surface area contributed by atoms with Crippen molar-refractivity contribution in [2.45, 2.75) is 19.4 Å². The Hall–Kier alpha value is -0.640. The smallest absolute Gasteiger partial charge is 0.0896 e. The molecule has 0 bridgehead atoms. The highest BCUT2D eigenvalue weighted by Crippen LogP contribution is 2.12. The molecule has 0 N–H and O–H groups in total. The third kappa shape index (κ3) is 3.62. The predicted octanol–water partition coefficient (Wildman–Crippen LogP) is 1.77. The summed E-state index contributed by atoms with van der Waals surface area (Å²) in [6.45, 7) is 8.15. The summed E-state index contributed by atoms with van der Waals surface area (Å²) in [5.41, 5.74) is 1.18. The Morgan fingerprint density at radius 2 is 2.43 bits per heavy atom. The van der Waals surface area contributed by atoms with E-state index in [1.807, 2.05) is 18.1 Å². The molecule has 1 aliphatic rings. The fourth-order valence-electron chi connectivity index (χ4n) is 1.45. The minimum atomic E-state index is 0.332. The summed E-state index contributed by atoms with van der Waals surface area (Å²) in [5, 5.41) is 1.97. The standard InChI is InChI=1S/C11H19NO2/c1-4-5-10(2)9-14-12-7-6-11(8-12)13-3/h4-5,11H,1,6-9H2,2-3H3/b10-5+. The van der Waals surface area contributed by atoms with Crippen molar-refractivity contribution in [3.05, 3.63) is 24.3 Å². The number of methoxy groups -OCH3 is 1. The van der Waals surface area contributed by atoms with Crippen molar-refractivity contribution in [2.24, 2.45) is 0 Å². The van der Waals surface area contributed by atoms with Crippen LogP contribution in [0.1, 0.15) is 13.3 Å². The number of hydroxylamine groups is 2. The van der Waals surface area contributed by atoms with Crippen molar-refractivity contribution in [3.8, 4) is 0 Å². The Morgan fingerprint density at radius 1 is 1.64 bits per heavy atom. The van der Waals surface area contributed by atoms with Crippen molar-refractivity contribution < 1.29 is 9.57 Å². The molecule has 1 unspecified atom stereocenters. The first-order chi connectivity index (χ1) is 6.76. The summed E-state index contributed by atoms with van der Waals surface area (Å²) < 4.78 is 5.24. The Bertz CT molecular complexity index is 213. The molecular weight excluding hydrogens is 178 g/mol. The maximum atomic E-state index is 5.59. The number of hydrogen-bond donors (Lipinski definition) is 0. The van der Waals surface area contributed by atoms with E-state index >= 15 is 0 Å². The van der Waals surface area contributed by atoms with Gasteiger partial charge in [0.15, 0.2) is 0 Å². The molecule has 80 valence electrons. The van der Waals surface area contributed by atoms with E-state index in [1.54, 1.807) is 13.2 Å². The van der Waals surface area contributed by atoms with Crippen molar-refractivity contribution in [1.29, 1.82) is 0 Å². The SMILES string of the molecule is C=C/C=C(\C)CON1CCC(OC)C1. The minimum absolute atomic E-state index is 0.332. The third-order valence-electron chi connectivity index (χ3n) is 2.32. The lowest BCUT2D eigenvalue weighted by molar-refractivity contribution is -0.139. The lowest BCUT2D eigenvalue weighted by Crippen LogP contribution is -2.24. The molecule has 0 amide bonds. The van der Waals surface area contributed by atoms with Crippen LogP contribution in [0.2, 0.25) is 0 Å². The monoisotopic (exact) mass is 197 g/mol. The molecule has 0 radical (unpaired) electrons. The van der Waals surface area contributed by atoms with Gasteiger partial charge in [-0.05, 0) is 18.9 Å². The molecule has 3 heteroatoms. The zero-order valence-electron chi connectivity index (χ0n) is 9.03. The van der Waals surface area contributed by atoms with Gasteiger partial charge in [-0.25, -0.2) is 0 Å². The van der Waals surface area contributed by atoms with Crippen LogP contribution in [0, 0.1) is 0 Å². The van der Waals surface area contributed by atoms with Gasteiger partial charge in [0.25, 0.3) is 0 Å². The second kappa shape index (κ2) is 5.96. The van der Waals surface area contributed by atoms with Crippen molar-refractivity contribution >= 4 is 0 Å². The topological polar surface area (TPSA) is 21.7 Å². The molecule has 1 atom stereocenters. The van der Waals surface area contributed by atoms with E-state index < -0.39 is 0 Å². The van der Waals surface area contributed by atoms with Crippen LogP contribution in [0.4, 0.5) is 0 Å². The molecule has 0 aromatic carbocycles. The highest BCUT2D eigenvalue weighted by atomic mass is 16.7. The first-order valence-electron chi connectivity index (χ1n) is 4.95. The molecule has 0 aliphatic carbocycles. The van der Waals surface area contributed by atoms with Crippen LogP contribution in [0.5, 0.6) is 0 Å². The highest BCUT2D eigenvalue weighted by molar-refractivity contribution is 5.07. The van der Waals surface area contributed by atoms with Crippen LogP contribution in [0.3, 0.4) is 0 Å². The Balaban J connectivity index is 2.20. The molecule has 1 heterocycles. The van der Waals surface area contributed by atoms with E-state index in [4.69, 9.17) is 9.57 Å². The normalized spacial score (nSPS) is 24.1. The molecule has 0 saturated carbocycles. The minimum Gasteiger partial charge on any atom is -0.380 e. The molecule has 0 aromatic heterocycles.